The van der Waals surface area contributed by atoms with Crippen LogP contribution in [0.5, 0.6) is 0 Å². The Balaban J connectivity index is 2.94. The Morgan fingerprint density at radius 2 is 1.94 bits per heavy atom. The van der Waals surface area contributed by atoms with E-state index in [1.807, 2.05) is 26.8 Å². The van der Waals surface area contributed by atoms with E-state index < -0.39 is 5.54 Å². The first-order valence-corrected chi connectivity index (χ1v) is 6.93. The van der Waals surface area contributed by atoms with E-state index in [0.29, 0.717) is 12.1 Å². The molecule has 0 aliphatic heterocycles. The van der Waals surface area contributed by atoms with Crippen molar-refractivity contribution in [2.75, 3.05) is 11.8 Å². The molecule has 0 unspecified atom stereocenters. The molecule has 0 spiro atoms. The molecule has 18 heavy (non-hydrogen) atoms. The molecule has 3 nitrogen and oxygen atoms in total. The molecule has 0 aromatic carbocycles. The number of alkyl halides is 2. The van der Waals surface area contributed by atoms with Gasteiger partial charge in [0, 0.05) is 17.5 Å². The molecule has 1 aromatic rings. The van der Waals surface area contributed by atoms with Gasteiger partial charge in [0.15, 0.2) is 0 Å². The van der Waals surface area contributed by atoms with Crippen LogP contribution < -0.4 is 5.32 Å². The van der Waals surface area contributed by atoms with Gasteiger partial charge >= 0.3 is 0 Å². The Bertz CT molecular complexity index is 402. The lowest BCUT2D eigenvalue weighted by Crippen LogP contribution is -2.51. The SMILES string of the molecule is CCC(CCl)(CCl)NC(=O)c1cc(C)cc(C)n1. The molecule has 1 amide bonds. The standard InChI is InChI=1S/C13H18Cl2N2O/c1-4-13(7-14,8-15)17-12(18)11-6-9(2)5-10(3)16-11/h5-6H,4,7-8H2,1-3H3,(H,17,18). The molecule has 0 saturated heterocycles. The molecule has 0 aliphatic carbocycles. The van der Waals surface area contributed by atoms with Crippen LogP contribution in [0.15, 0.2) is 12.1 Å². The lowest BCUT2D eigenvalue weighted by molar-refractivity contribution is 0.0908. The van der Waals surface area contributed by atoms with Crippen molar-refractivity contribution >= 4 is 29.1 Å². The summed E-state index contributed by atoms with van der Waals surface area (Å²) in [4.78, 5) is 16.4. The predicted molar refractivity (Wildman–Crippen MR) is 75.6 cm³/mol. The minimum atomic E-state index is -0.570. The van der Waals surface area contributed by atoms with E-state index in [4.69, 9.17) is 23.2 Å². The summed E-state index contributed by atoms with van der Waals surface area (Å²) in [6.07, 6.45) is 0.677. The quantitative estimate of drug-likeness (QED) is 0.846. The van der Waals surface area contributed by atoms with Gasteiger partial charge in [0.1, 0.15) is 5.69 Å². The second kappa shape index (κ2) is 6.39. The maximum atomic E-state index is 12.2. The van der Waals surface area contributed by atoms with E-state index in [1.165, 1.54) is 0 Å². The third-order valence-corrected chi connectivity index (χ3v) is 3.92. The second-order valence-electron chi connectivity index (χ2n) is 4.53. The van der Waals surface area contributed by atoms with Gasteiger partial charge in [-0.3, -0.25) is 4.79 Å². The summed E-state index contributed by atoms with van der Waals surface area (Å²) in [5.74, 6) is 0.331. The maximum Gasteiger partial charge on any atom is 0.270 e. The van der Waals surface area contributed by atoms with Crippen molar-refractivity contribution in [2.24, 2.45) is 0 Å². The van der Waals surface area contributed by atoms with Gasteiger partial charge < -0.3 is 5.32 Å². The molecule has 0 bridgehead atoms. The van der Waals surface area contributed by atoms with E-state index in [0.717, 1.165) is 11.3 Å². The lowest BCUT2D eigenvalue weighted by atomic mass is 10.0. The van der Waals surface area contributed by atoms with Gasteiger partial charge in [0.25, 0.3) is 5.91 Å². The van der Waals surface area contributed by atoms with Gasteiger partial charge in [-0.25, -0.2) is 4.98 Å². The van der Waals surface area contributed by atoms with Gasteiger partial charge in [0.2, 0.25) is 0 Å². The van der Waals surface area contributed by atoms with Crippen LogP contribution in [0, 0.1) is 13.8 Å². The fourth-order valence-electron chi connectivity index (χ4n) is 1.64. The normalized spacial score (nSPS) is 11.4. The molecule has 5 heteroatoms. The zero-order valence-corrected chi connectivity index (χ0v) is 12.4. The van der Waals surface area contributed by atoms with Crippen LogP contribution in [-0.2, 0) is 0 Å². The van der Waals surface area contributed by atoms with Crippen molar-refractivity contribution in [2.45, 2.75) is 32.7 Å². The van der Waals surface area contributed by atoms with Crippen LogP contribution >= 0.6 is 23.2 Å². The highest BCUT2D eigenvalue weighted by Gasteiger charge is 2.29. The number of nitrogens with zero attached hydrogens (tertiary/aromatic N) is 1. The summed E-state index contributed by atoms with van der Waals surface area (Å²) >= 11 is 11.8. The number of aromatic nitrogens is 1. The highest BCUT2D eigenvalue weighted by Crippen LogP contribution is 2.16. The zero-order valence-electron chi connectivity index (χ0n) is 10.9. The molecule has 0 radical (unpaired) electrons. The smallest absolute Gasteiger partial charge is 0.270 e. The van der Waals surface area contributed by atoms with E-state index in [-0.39, 0.29) is 17.7 Å². The molecule has 100 valence electrons. The third kappa shape index (κ3) is 3.59. The molecular formula is C13H18Cl2N2O. The summed E-state index contributed by atoms with van der Waals surface area (Å²) in [5.41, 5.74) is 1.66. The number of carbonyl (C=O) groups excluding carboxylic acids is 1. The topological polar surface area (TPSA) is 42.0 Å². The molecule has 1 heterocycles. The lowest BCUT2D eigenvalue weighted by Gasteiger charge is -2.29. The molecule has 0 aliphatic rings. The minimum Gasteiger partial charge on any atom is -0.343 e. The van der Waals surface area contributed by atoms with Crippen LogP contribution in [-0.4, -0.2) is 28.2 Å². The van der Waals surface area contributed by atoms with Gasteiger partial charge in [-0.2, -0.15) is 0 Å². The van der Waals surface area contributed by atoms with E-state index >= 15 is 0 Å². The highest BCUT2D eigenvalue weighted by molar-refractivity contribution is 6.22. The monoisotopic (exact) mass is 288 g/mol. The molecule has 0 fully saturated rings. The second-order valence-corrected chi connectivity index (χ2v) is 5.06. The van der Waals surface area contributed by atoms with Crippen LogP contribution in [0.4, 0.5) is 0 Å². The molecule has 1 aromatic heterocycles. The Kier molecular flexibility index (Phi) is 5.42. The number of nitrogens with one attached hydrogen (secondary N) is 1. The molecule has 0 saturated carbocycles. The summed E-state index contributed by atoms with van der Waals surface area (Å²) in [6.45, 7) is 5.74. The van der Waals surface area contributed by atoms with E-state index in [2.05, 4.69) is 10.3 Å². The van der Waals surface area contributed by atoms with Gasteiger partial charge in [-0.1, -0.05) is 6.92 Å². The third-order valence-electron chi connectivity index (χ3n) is 2.90. The van der Waals surface area contributed by atoms with E-state index in [9.17, 15) is 4.79 Å². The Morgan fingerprint density at radius 3 is 2.39 bits per heavy atom. The van der Waals surface area contributed by atoms with Gasteiger partial charge in [-0.15, -0.1) is 23.2 Å². The highest BCUT2D eigenvalue weighted by atomic mass is 35.5. The van der Waals surface area contributed by atoms with Crippen molar-refractivity contribution in [3.63, 3.8) is 0 Å². The van der Waals surface area contributed by atoms with Crippen molar-refractivity contribution < 1.29 is 4.79 Å². The fourth-order valence-corrected chi connectivity index (χ4v) is 2.44. The minimum absolute atomic E-state index is 0.232. The van der Waals surface area contributed by atoms with Crippen molar-refractivity contribution in [1.29, 1.82) is 0 Å². The molecule has 0 atom stereocenters. The summed E-state index contributed by atoms with van der Waals surface area (Å²) in [5, 5.41) is 2.88. The maximum absolute atomic E-state index is 12.2. The van der Waals surface area contributed by atoms with Gasteiger partial charge in [0.05, 0.1) is 5.54 Å². The number of hydrogen-bond donors (Lipinski definition) is 1. The molecular weight excluding hydrogens is 271 g/mol. The first-order chi connectivity index (χ1) is 8.46. The number of halogens is 2. The number of pyridine rings is 1. The number of hydrogen-bond acceptors (Lipinski definition) is 2. The van der Waals surface area contributed by atoms with Crippen LogP contribution in [0.25, 0.3) is 0 Å². The summed E-state index contributed by atoms with van der Waals surface area (Å²) in [7, 11) is 0. The van der Waals surface area contributed by atoms with Crippen LogP contribution in [0.3, 0.4) is 0 Å². The summed E-state index contributed by atoms with van der Waals surface area (Å²) in [6, 6.07) is 3.68. The summed E-state index contributed by atoms with van der Waals surface area (Å²) < 4.78 is 0. The molecule has 1 N–H and O–H groups in total. The average Bonchev–Trinajstić information content (AvgIpc) is 2.35. The van der Waals surface area contributed by atoms with E-state index in [1.54, 1.807) is 6.07 Å². The first kappa shape index (κ1) is 15.3. The fraction of sp³-hybridized carbons (Fsp3) is 0.538. The first-order valence-electron chi connectivity index (χ1n) is 5.86. The number of carbonyl (C=O) groups is 1. The van der Waals surface area contributed by atoms with Crippen molar-refractivity contribution in [3.05, 3.63) is 29.1 Å². The number of aryl methyl sites for hydroxylation is 2. The molecule has 1 rings (SSSR count). The predicted octanol–water partition coefficient (Wildman–Crippen LogP) is 3.05. The Hall–Kier alpha value is -0.800. The number of rotatable bonds is 5. The van der Waals surface area contributed by atoms with Crippen LogP contribution in [0.2, 0.25) is 0 Å². The Morgan fingerprint density at radius 1 is 1.33 bits per heavy atom. The van der Waals surface area contributed by atoms with Crippen molar-refractivity contribution in [1.82, 2.24) is 10.3 Å². The number of amides is 1. The Labute approximate surface area is 118 Å². The van der Waals surface area contributed by atoms with Gasteiger partial charge in [-0.05, 0) is 38.0 Å². The van der Waals surface area contributed by atoms with Crippen LogP contribution in [0.1, 0.15) is 35.1 Å². The average molecular weight is 289 g/mol. The largest absolute Gasteiger partial charge is 0.343 e. The van der Waals surface area contributed by atoms with Crippen molar-refractivity contribution in [3.8, 4) is 0 Å². The zero-order chi connectivity index (χ0) is 13.8.